The number of nitrogens with two attached hydrogens (primary N) is 1. The maximum Gasteiger partial charge on any atom is 0.295 e. The van der Waals surface area contributed by atoms with Crippen molar-refractivity contribution in [2.24, 2.45) is 5.73 Å². The van der Waals surface area contributed by atoms with Gasteiger partial charge in [0.2, 0.25) is 5.09 Å². The van der Waals surface area contributed by atoms with Crippen molar-refractivity contribution < 1.29 is 21.3 Å². The molecule has 32 heavy (non-hydrogen) atoms. The third-order valence-electron chi connectivity index (χ3n) is 4.74. The number of anilines is 1. The smallest absolute Gasteiger partial charge is 0.295 e. The zero-order chi connectivity index (χ0) is 23.7. The number of hydrogen-bond donors (Lipinski definition) is 3. The number of fused-ring (bicyclic) bond motifs is 1. The van der Waals surface area contributed by atoms with Crippen LogP contribution >= 0.6 is 11.6 Å². The van der Waals surface area contributed by atoms with Crippen LogP contribution in [0.5, 0.6) is 0 Å². The number of sulfone groups is 1. The minimum absolute atomic E-state index is 0.0123. The summed E-state index contributed by atoms with van der Waals surface area (Å²) in [6.07, 6.45) is 0.0123. The molecule has 170 valence electrons. The van der Waals surface area contributed by atoms with Gasteiger partial charge in [-0.05, 0) is 50.1 Å². The zero-order valence-electron chi connectivity index (χ0n) is 17.3. The lowest BCUT2D eigenvalue weighted by Gasteiger charge is -2.14. The second-order valence-electron chi connectivity index (χ2n) is 7.20. The van der Waals surface area contributed by atoms with Gasteiger partial charge in [0.25, 0.3) is 10.0 Å². The lowest BCUT2D eigenvalue weighted by molar-refractivity contribution is 0.484. The summed E-state index contributed by atoms with van der Waals surface area (Å²) in [5.74, 6) is -0.367. The highest BCUT2D eigenvalue weighted by atomic mass is 35.5. The Labute approximate surface area is 191 Å². The highest BCUT2D eigenvalue weighted by Crippen LogP contribution is 2.31. The van der Waals surface area contributed by atoms with E-state index in [0.29, 0.717) is 22.2 Å². The third-order valence-corrected chi connectivity index (χ3v) is 7.96. The van der Waals surface area contributed by atoms with Crippen molar-refractivity contribution in [1.82, 2.24) is 0 Å². The van der Waals surface area contributed by atoms with Gasteiger partial charge in [0, 0.05) is 27.9 Å². The van der Waals surface area contributed by atoms with Crippen LogP contribution in [0.2, 0.25) is 5.02 Å². The molecule has 0 amide bonds. The van der Waals surface area contributed by atoms with Crippen LogP contribution in [0.4, 0.5) is 5.69 Å². The largest absolute Gasteiger partial charge is 0.443 e. The molecule has 0 saturated carbocycles. The molecule has 3 aromatic rings. The highest BCUT2D eigenvalue weighted by molar-refractivity contribution is 7.93. The molecule has 1 heterocycles. The molecule has 1 aromatic heterocycles. The predicted molar refractivity (Wildman–Crippen MR) is 125 cm³/mol. The molecule has 2 aromatic carbocycles. The number of nitrogens with one attached hydrogen (secondary N) is 2. The number of furan rings is 1. The Morgan fingerprint density at radius 2 is 1.78 bits per heavy atom. The Bertz CT molecular complexity index is 1400. The summed E-state index contributed by atoms with van der Waals surface area (Å²) >= 11 is 6.01. The van der Waals surface area contributed by atoms with Crippen molar-refractivity contribution in [1.29, 1.82) is 5.41 Å². The van der Waals surface area contributed by atoms with E-state index in [4.69, 9.17) is 27.2 Å². The maximum absolute atomic E-state index is 13.0. The molecule has 0 unspecified atom stereocenters. The van der Waals surface area contributed by atoms with Crippen LogP contribution < -0.4 is 10.5 Å². The van der Waals surface area contributed by atoms with Gasteiger partial charge in [-0.2, -0.15) is 8.42 Å². The van der Waals surface area contributed by atoms with Gasteiger partial charge in [0.15, 0.2) is 9.84 Å². The number of halogens is 1. The fraction of sp³-hybridized carbons (Fsp3) is 0.190. The standard InChI is InChI=1S/C21H22ClN3O5S2/c1-13(23)17(14(2)24)9-10-31(26,27)20-8-7-16(22)12-18(20)25-32(28,29)21-11-15-5-3-4-6-19(15)30-21/h3-8,11-12,23,25H,9-10,24H2,1-2H3/b17-14-,23-13?. The summed E-state index contributed by atoms with van der Waals surface area (Å²) < 4.78 is 59.6. The van der Waals surface area contributed by atoms with Gasteiger partial charge in [0.1, 0.15) is 5.58 Å². The second kappa shape index (κ2) is 8.97. The normalized spacial score (nSPS) is 13.1. The lowest BCUT2D eigenvalue weighted by Crippen LogP contribution is -2.17. The quantitative estimate of drug-likeness (QED) is 0.397. The molecule has 8 nitrogen and oxygen atoms in total. The van der Waals surface area contributed by atoms with Gasteiger partial charge in [-0.15, -0.1) is 0 Å². The molecule has 0 fully saturated rings. The molecule has 0 saturated heterocycles. The minimum atomic E-state index is -4.24. The van der Waals surface area contributed by atoms with Gasteiger partial charge in [-0.25, -0.2) is 8.42 Å². The average Bonchev–Trinajstić information content (AvgIpc) is 3.12. The van der Waals surface area contributed by atoms with Crippen molar-refractivity contribution in [2.75, 3.05) is 10.5 Å². The molecule has 0 aliphatic carbocycles. The SMILES string of the molecule is CC(=N)/C(CCS(=O)(=O)c1ccc(Cl)cc1NS(=O)(=O)c1cc2ccccc2o1)=C(/C)N. The van der Waals surface area contributed by atoms with Crippen LogP contribution in [0.15, 0.2) is 74.2 Å². The Morgan fingerprint density at radius 3 is 2.41 bits per heavy atom. The number of para-hydroxylation sites is 1. The van der Waals surface area contributed by atoms with E-state index in [-0.39, 0.29) is 38.6 Å². The van der Waals surface area contributed by atoms with E-state index in [1.54, 1.807) is 31.2 Å². The summed E-state index contributed by atoms with van der Waals surface area (Å²) in [7, 11) is -8.19. The Morgan fingerprint density at radius 1 is 1.09 bits per heavy atom. The van der Waals surface area contributed by atoms with Gasteiger partial charge >= 0.3 is 0 Å². The van der Waals surface area contributed by atoms with E-state index < -0.39 is 19.9 Å². The number of sulfonamides is 1. The summed E-state index contributed by atoms with van der Waals surface area (Å²) in [6, 6.07) is 11.9. The van der Waals surface area contributed by atoms with E-state index in [1.165, 1.54) is 31.2 Å². The van der Waals surface area contributed by atoms with E-state index in [9.17, 15) is 16.8 Å². The van der Waals surface area contributed by atoms with Crippen LogP contribution in [0.3, 0.4) is 0 Å². The highest BCUT2D eigenvalue weighted by Gasteiger charge is 2.26. The van der Waals surface area contributed by atoms with E-state index >= 15 is 0 Å². The van der Waals surface area contributed by atoms with Crippen LogP contribution in [-0.2, 0) is 19.9 Å². The van der Waals surface area contributed by atoms with Crippen LogP contribution in [0.25, 0.3) is 11.0 Å². The fourth-order valence-corrected chi connectivity index (χ4v) is 5.86. The Balaban J connectivity index is 1.97. The van der Waals surface area contributed by atoms with Gasteiger partial charge in [0.05, 0.1) is 16.3 Å². The van der Waals surface area contributed by atoms with Crippen LogP contribution in [0, 0.1) is 5.41 Å². The molecule has 0 aliphatic heterocycles. The molecule has 4 N–H and O–H groups in total. The van der Waals surface area contributed by atoms with Crippen molar-refractivity contribution in [3.63, 3.8) is 0 Å². The van der Waals surface area contributed by atoms with Crippen LogP contribution in [-0.4, -0.2) is 28.3 Å². The summed E-state index contributed by atoms with van der Waals surface area (Å²) in [6.45, 7) is 3.11. The summed E-state index contributed by atoms with van der Waals surface area (Å²) in [5, 5.41) is 8.16. The molecular weight excluding hydrogens is 474 g/mol. The first-order valence-corrected chi connectivity index (χ1v) is 13.0. The van der Waals surface area contributed by atoms with Crippen molar-refractivity contribution in [3.8, 4) is 0 Å². The van der Waals surface area contributed by atoms with Gasteiger partial charge in [-0.1, -0.05) is 29.8 Å². The molecule has 0 bridgehead atoms. The molecule has 0 radical (unpaired) electrons. The molecule has 11 heteroatoms. The fourth-order valence-electron chi connectivity index (χ4n) is 3.16. The van der Waals surface area contributed by atoms with Crippen molar-refractivity contribution >= 4 is 53.8 Å². The Kier molecular flexibility index (Phi) is 6.68. The monoisotopic (exact) mass is 495 g/mol. The predicted octanol–water partition coefficient (Wildman–Crippen LogP) is 4.32. The van der Waals surface area contributed by atoms with Crippen molar-refractivity contribution in [3.05, 3.63) is 64.8 Å². The molecule has 0 aliphatic rings. The van der Waals surface area contributed by atoms with E-state index in [1.807, 2.05) is 0 Å². The molecular formula is C21H22ClN3O5S2. The third kappa shape index (κ3) is 5.14. The zero-order valence-corrected chi connectivity index (χ0v) is 19.7. The first-order valence-electron chi connectivity index (χ1n) is 9.45. The topological polar surface area (TPSA) is 143 Å². The second-order valence-corrected chi connectivity index (χ2v) is 11.3. The van der Waals surface area contributed by atoms with E-state index in [0.717, 1.165) is 0 Å². The van der Waals surface area contributed by atoms with Gasteiger partial charge < -0.3 is 15.6 Å². The number of benzene rings is 2. The number of allylic oxidation sites excluding steroid dienone is 2. The number of rotatable bonds is 8. The first-order chi connectivity index (χ1) is 14.9. The maximum atomic E-state index is 13.0. The number of hydrogen-bond acceptors (Lipinski definition) is 7. The molecule has 3 rings (SSSR count). The molecule has 0 atom stereocenters. The Hall–Kier alpha value is -2.82. The first kappa shape index (κ1) is 23.8. The molecule has 0 spiro atoms. The van der Waals surface area contributed by atoms with Crippen LogP contribution in [0.1, 0.15) is 20.3 Å². The minimum Gasteiger partial charge on any atom is -0.443 e. The van der Waals surface area contributed by atoms with Crippen molar-refractivity contribution in [2.45, 2.75) is 30.3 Å². The summed E-state index contributed by atoms with van der Waals surface area (Å²) in [4.78, 5) is -0.238. The average molecular weight is 496 g/mol. The van der Waals surface area contributed by atoms with Gasteiger partial charge in [-0.3, -0.25) is 4.72 Å². The van der Waals surface area contributed by atoms with E-state index in [2.05, 4.69) is 4.72 Å². The lowest BCUT2D eigenvalue weighted by atomic mass is 10.1. The summed E-state index contributed by atoms with van der Waals surface area (Å²) in [5.41, 5.74) is 6.89.